The van der Waals surface area contributed by atoms with Gasteiger partial charge in [-0.15, -0.1) is 0 Å². The second-order valence-corrected chi connectivity index (χ2v) is 5.29. The van der Waals surface area contributed by atoms with Crippen LogP contribution in [0.2, 0.25) is 0 Å². The molecule has 3 heteroatoms. The molecular formula is C15H17NO2. The Morgan fingerprint density at radius 3 is 2.94 bits per heavy atom. The average Bonchev–Trinajstić information content (AvgIpc) is 2.67. The Bertz CT molecular complexity index is 659. The first kappa shape index (κ1) is 11.3. The molecule has 0 aliphatic carbocycles. The normalized spacial score (nSPS) is 21.9. The molecule has 0 saturated carbocycles. The van der Waals surface area contributed by atoms with Gasteiger partial charge in [-0.25, -0.2) is 0 Å². The topological polar surface area (TPSA) is 42.1 Å². The number of ether oxygens (including phenoxy) is 1. The smallest absolute Gasteiger partial charge is 0.199 e. The lowest BCUT2D eigenvalue weighted by atomic mass is 9.94. The SMILES string of the molecule is CCCC1(C)Cc2c([nH]c3ccccc3c2=O)O1. The number of aromatic amines is 1. The zero-order valence-electron chi connectivity index (χ0n) is 10.7. The van der Waals surface area contributed by atoms with Crippen LogP contribution in [0.3, 0.4) is 0 Å². The van der Waals surface area contributed by atoms with Crippen molar-refractivity contribution < 1.29 is 4.74 Å². The van der Waals surface area contributed by atoms with Gasteiger partial charge in [-0.3, -0.25) is 4.79 Å². The zero-order chi connectivity index (χ0) is 12.8. The average molecular weight is 243 g/mol. The van der Waals surface area contributed by atoms with Gasteiger partial charge in [0.25, 0.3) is 0 Å². The fraction of sp³-hybridized carbons (Fsp3) is 0.400. The Balaban J connectivity index is 2.17. The van der Waals surface area contributed by atoms with Gasteiger partial charge in [0.1, 0.15) is 5.60 Å². The molecule has 1 aliphatic rings. The van der Waals surface area contributed by atoms with Crippen molar-refractivity contribution in [1.82, 2.24) is 4.98 Å². The molecule has 2 heterocycles. The predicted octanol–water partition coefficient (Wildman–Crippen LogP) is 3.02. The van der Waals surface area contributed by atoms with Crippen molar-refractivity contribution >= 4 is 10.9 Å². The molecule has 18 heavy (non-hydrogen) atoms. The maximum absolute atomic E-state index is 12.4. The number of pyridine rings is 1. The van der Waals surface area contributed by atoms with Crippen LogP contribution in [0.1, 0.15) is 32.3 Å². The summed E-state index contributed by atoms with van der Waals surface area (Å²) in [5.41, 5.74) is 1.52. The van der Waals surface area contributed by atoms with Crippen LogP contribution < -0.4 is 10.2 Å². The Labute approximate surface area is 106 Å². The number of hydrogen-bond donors (Lipinski definition) is 1. The van der Waals surface area contributed by atoms with E-state index in [0.29, 0.717) is 12.3 Å². The van der Waals surface area contributed by atoms with Crippen LogP contribution in [-0.2, 0) is 6.42 Å². The molecule has 3 rings (SSSR count). The van der Waals surface area contributed by atoms with Gasteiger partial charge in [0.15, 0.2) is 11.3 Å². The number of fused-ring (bicyclic) bond motifs is 2. The van der Waals surface area contributed by atoms with Crippen molar-refractivity contribution in [1.29, 1.82) is 0 Å². The minimum absolute atomic E-state index is 0.110. The molecule has 1 aliphatic heterocycles. The van der Waals surface area contributed by atoms with Crippen molar-refractivity contribution in [3.63, 3.8) is 0 Å². The van der Waals surface area contributed by atoms with Gasteiger partial charge in [-0.2, -0.15) is 0 Å². The lowest BCUT2D eigenvalue weighted by Crippen LogP contribution is -2.30. The van der Waals surface area contributed by atoms with E-state index in [2.05, 4.69) is 18.8 Å². The van der Waals surface area contributed by atoms with Gasteiger partial charge in [-0.05, 0) is 25.5 Å². The predicted molar refractivity (Wildman–Crippen MR) is 72.2 cm³/mol. The van der Waals surface area contributed by atoms with E-state index in [1.54, 1.807) is 0 Å². The van der Waals surface area contributed by atoms with Crippen molar-refractivity contribution in [2.24, 2.45) is 0 Å². The van der Waals surface area contributed by atoms with Crippen molar-refractivity contribution in [2.75, 3.05) is 0 Å². The molecule has 1 aromatic heterocycles. The number of hydrogen-bond acceptors (Lipinski definition) is 2. The van der Waals surface area contributed by atoms with Crippen LogP contribution in [-0.4, -0.2) is 10.6 Å². The summed E-state index contributed by atoms with van der Waals surface area (Å²) >= 11 is 0. The number of aromatic nitrogens is 1. The standard InChI is InChI=1S/C15H17NO2/c1-3-8-15(2)9-11-13(17)10-6-4-5-7-12(10)16-14(11)18-15/h4-7H,3,8-9H2,1-2H3,(H,16,17). The van der Waals surface area contributed by atoms with E-state index in [0.717, 1.165) is 29.3 Å². The first-order chi connectivity index (χ1) is 8.63. The Morgan fingerprint density at radius 1 is 1.39 bits per heavy atom. The Morgan fingerprint density at radius 2 is 2.17 bits per heavy atom. The lowest BCUT2D eigenvalue weighted by molar-refractivity contribution is 0.100. The molecule has 0 radical (unpaired) electrons. The second-order valence-electron chi connectivity index (χ2n) is 5.29. The first-order valence-electron chi connectivity index (χ1n) is 6.46. The van der Waals surface area contributed by atoms with E-state index in [1.165, 1.54) is 0 Å². The number of nitrogens with one attached hydrogen (secondary N) is 1. The fourth-order valence-corrected chi connectivity index (χ4v) is 2.83. The number of rotatable bonds is 2. The van der Waals surface area contributed by atoms with Crippen LogP contribution in [0, 0.1) is 0 Å². The fourth-order valence-electron chi connectivity index (χ4n) is 2.83. The molecule has 1 N–H and O–H groups in total. The van der Waals surface area contributed by atoms with Gasteiger partial charge in [0.2, 0.25) is 0 Å². The summed E-state index contributed by atoms with van der Waals surface area (Å²) in [5, 5.41) is 0.751. The molecule has 3 nitrogen and oxygen atoms in total. The summed E-state index contributed by atoms with van der Waals surface area (Å²) in [4.78, 5) is 15.7. The van der Waals surface area contributed by atoms with Gasteiger partial charge in [-0.1, -0.05) is 25.5 Å². The monoisotopic (exact) mass is 243 g/mol. The molecule has 0 bridgehead atoms. The van der Waals surface area contributed by atoms with Crippen LogP contribution in [0.4, 0.5) is 0 Å². The van der Waals surface area contributed by atoms with Gasteiger partial charge < -0.3 is 9.72 Å². The molecular weight excluding hydrogens is 226 g/mol. The zero-order valence-corrected chi connectivity index (χ0v) is 10.7. The minimum Gasteiger partial charge on any atom is -0.472 e. The highest BCUT2D eigenvalue weighted by atomic mass is 16.5. The molecule has 1 unspecified atom stereocenters. The van der Waals surface area contributed by atoms with Crippen molar-refractivity contribution in [2.45, 2.75) is 38.7 Å². The van der Waals surface area contributed by atoms with E-state index in [-0.39, 0.29) is 11.0 Å². The van der Waals surface area contributed by atoms with Gasteiger partial charge >= 0.3 is 0 Å². The molecule has 2 aromatic rings. The summed E-state index contributed by atoms with van der Waals surface area (Å²) < 4.78 is 5.97. The van der Waals surface area contributed by atoms with Crippen LogP contribution in [0.5, 0.6) is 5.88 Å². The van der Waals surface area contributed by atoms with Crippen LogP contribution >= 0.6 is 0 Å². The largest absolute Gasteiger partial charge is 0.472 e. The van der Waals surface area contributed by atoms with E-state index >= 15 is 0 Å². The highest BCUT2D eigenvalue weighted by Crippen LogP contribution is 2.35. The summed E-state index contributed by atoms with van der Waals surface area (Å²) in [5.74, 6) is 0.662. The lowest BCUT2D eigenvalue weighted by Gasteiger charge is -2.22. The third-order valence-corrected chi connectivity index (χ3v) is 3.65. The minimum atomic E-state index is -0.232. The first-order valence-corrected chi connectivity index (χ1v) is 6.46. The Kier molecular flexibility index (Phi) is 2.44. The number of benzene rings is 1. The third kappa shape index (κ3) is 1.62. The van der Waals surface area contributed by atoms with E-state index in [1.807, 2.05) is 24.3 Å². The number of H-pyrrole nitrogens is 1. The summed E-state index contributed by atoms with van der Waals surface area (Å²) in [6.45, 7) is 4.21. The maximum Gasteiger partial charge on any atom is 0.199 e. The van der Waals surface area contributed by atoms with Crippen molar-refractivity contribution in [3.8, 4) is 5.88 Å². The molecule has 1 aromatic carbocycles. The third-order valence-electron chi connectivity index (χ3n) is 3.65. The van der Waals surface area contributed by atoms with Gasteiger partial charge in [0, 0.05) is 11.8 Å². The molecule has 0 spiro atoms. The number of para-hydroxylation sites is 1. The molecule has 0 saturated heterocycles. The summed E-state index contributed by atoms with van der Waals surface area (Å²) in [6, 6.07) is 7.59. The molecule has 0 fully saturated rings. The van der Waals surface area contributed by atoms with Crippen molar-refractivity contribution in [3.05, 3.63) is 40.1 Å². The maximum atomic E-state index is 12.4. The second kappa shape index (κ2) is 3.87. The molecule has 1 atom stereocenters. The molecule has 0 amide bonds. The highest BCUT2D eigenvalue weighted by molar-refractivity contribution is 5.80. The van der Waals surface area contributed by atoms with E-state index in [4.69, 9.17) is 4.74 Å². The van der Waals surface area contributed by atoms with E-state index in [9.17, 15) is 4.79 Å². The summed E-state index contributed by atoms with van der Waals surface area (Å²) in [7, 11) is 0. The highest BCUT2D eigenvalue weighted by Gasteiger charge is 2.36. The van der Waals surface area contributed by atoms with Crippen LogP contribution in [0.15, 0.2) is 29.1 Å². The summed E-state index contributed by atoms with van der Waals surface area (Å²) in [6.07, 6.45) is 2.72. The quantitative estimate of drug-likeness (QED) is 0.881. The van der Waals surface area contributed by atoms with E-state index < -0.39 is 0 Å². The molecule has 94 valence electrons. The Hall–Kier alpha value is -1.77. The van der Waals surface area contributed by atoms with Crippen LogP contribution in [0.25, 0.3) is 10.9 Å². The van der Waals surface area contributed by atoms with Gasteiger partial charge in [0.05, 0.1) is 11.1 Å².